The van der Waals surface area contributed by atoms with Crippen molar-refractivity contribution in [1.82, 2.24) is 0 Å². The van der Waals surface area contributed by atoms with Crippen molar-refractivity contribution in [2.24, 2.45) is 0 Å². The highest BCUT2D eigenvalue weighted by atomic mass is 35.5. The zero-order valence-corrected chi connectivity index (χ0v) is 8.25. The van der Waals surface area contributed by atoms with Crippen LogP contribution in [0.4, 0.5) is 5.69 Å². The van der Waals surface area contributed by atoms with Gasteiger partial charge in [-0.05, 0) is 12.1 Å². The Kier molecular flexibility index (Phi) is 2.79. The quantitative estimate of drug-likeness (QED) is 0.834. The average molecular weight is 212 g/mol. The largest absolute Gasteiger partial charge is 0.454 e. The van der Waals surface area contributed by atoms with Gasteiger partial charge in [0, 0.05) is 23.8 Å². The summed E-state index contributed by atoms with van der Waals surface area (Å²) >= 11 is 5.40. The van der Waals surface area contributed by atoms with Crippen LogP contribution in [-0.4, -0.2) is 13.3 Å². The lowest BCUT2D eigenvalue weighted by Gasteiger charge is -2.03. The zero-order valence-electron chi connectivity index (χ0n) is 7.50. The van der Waals surface area contributed by atoms with Gasteiger partial charge in [-0.15, -0.1) is 0 Å². The average Bonchev–Trinajstić information content (AvgIpc) is 2.65. The lowest BCUT2D eigenvalue weighted by Crippen LogP contribution is -1.97. The molecule has 0 unspecified atom stereocenters. The summed E-state index contributed by atoms with van der Waals surface area (Å²) in [5, 5.41) is 3.17. The zero-order chi connectivity index (χ0) is 9.80. The van der Waals surface area contributed by atoms with Crippen LogP contribution in [0.1, 0.15) is 0 Å². The van der Waals surface area contributed by atoms with Gasteiger partial charge in [0.05, 0.1) is 0 Å². The Bertz CT molecular complexity index is 352. The standard InChI is InChI=1S/C10H10ClNO2/c11-4-1-5-12-8-2-3-9-10(6-8)14-7-13-9/h1-4,6,12H,5,7H2/b4-1+. The fourth-order valence-electron chi connectivity index (χ4n) is 1.23. The Labute approximate surface area is 87.3 Å². The van der Waals surface area contributed by atoms with Crippen LogP contribution in [0.5, 0.6) is 11.5 Å². The Hall–Kier alpha value is -1.35. The molecule has 1 aromatic carbocycles. The molecule has 14 heavy (non-hydrogen) atoms. The van der Waals surface area contributed by atoms with Crippen molar-refractivity contribution < 1.29 is 9.47 Å². The van der Waals surface area contributed by atoms with Crippen LogP contribution in [0.2, 0.25) is 0 Å². The number of fused-ring (bicyclic) bond motifs is 1. The SMILES string of the molecule is Cl/C=C/CNc1ccc2c(c1)OCO2. The highest BCUT2D eigenvalue weighted by Gasteiger charge is 2.12. The first-order chi connectivity index (χ1) is 6.90. The predicted octanol–water partition coefficient (Wildman–Crippen LogP) is 2.58. The molecular weight excluding hydrogens is 202 g/mol. The van der Waals surface area contributed by atoms with E-state index in [-0.39, 0.29) is 0 Å². The minimum atomic E-state index is 0.306. The minimum absolute atomic E-state index is 0.306. The summed E-state index contributed by atoms with van der Waals surface area (Å²) in [5.41, 5.74) is 2.48. The third-order valence-electron chi connectivity index (χ3n) is 1.89. The molecule has 3 nitrogen and oxygen atoms in total. The maximum absolute atomic E-state index is 5.40. The molecule has 2 rings (SSSR count). The first-order valence-corrected chi connectivity index (χ1v) is 4.72. The molecule has 74 valence electrons. The summed E-state index contributed by atoms with van der Waals surface area (Å²) < 4.78 is 10.4. The van der Waals surface area contributed by atoms with Gasteiger partial charge >= 0.3 is 0 Å². The van der Waals surface area contributed by atoms with Crippen molar-refractivity contribution in [3.05, 3.63) is 29.8 Å². The number of benzene rings is 1. The molecule has 0 radical (unpaired) electrons. The molecular formula is C10H10ClNO2. The van der Waals surface area contributed by atoms with Gasteiger partial charge in [-0.1, -0.05) is 17.7 Å². The molecule has 4 heteroatoms. The van der Waals surface area contributed by atoms with E-state index in [1.807, 2.05) is 24.3 Å². The van der Waals surface area contributed by atoms with E-state index in [0.717, 1.165) is 17.2 Å². The molecule has 0 bridgehead atoms. The van der Waals surface area contributed by atoms with Gasteiger partial charge in [-0.2, -0.15) is 0 Å². The van der Waals surface area contributed by atoms with Gasteiger partial charge in [0.25, 0.3) is 0 Å². The van der Waals surface area contributed by atoms with E-state index in [1.165, 1.54) is 5.54 Å². The van der Waals surface area contributed by atoms with Crippen LogP contribution >= 0.6 is 11.6 Å². The summed E-state index contributed by atoms with van der Waals surface area (Å²) in [4.78, 5) is 0. The molecule has 0 spiro atoms. The summed E-state index contributed by atoms with van der Waals surface area (Å²) in [7, 11) is 0. The molecule has 0 saturated carbocycles. The highest BCUT2D eigenvalue weighted by Crippen LogP contribution is 2.34. The van der Waals surface area contributed by atoms with Crippen LogP contribution < -0.4 is 14.8 Å². The predicted molar refractivity (Wildman–Crippen MR) is 56.0 cm³/mol. The highest BCUT2D eigenvalue weighted by molar-refractivity contribution is 6.25. The second-order valence-electron chi connectivity index (χ2n) is 2.81. The second kappa shape index (κ2) is 4.24. The number of hydrogen-bond donors (Lipinski definition) is 1. The first-order valence-electron chi connectivity index (χ1n) is 4.29. The summed E-state index contributed by atoms with van der Waals surface area (Å²) in [6, 6.07) is 5.73. The Morgan fingerprint density at radius 3 is 3.07 bits per heavy atom. The van der Waals surface area contributed by atoms with Gasteiger partial charge in [-0.25, -0.2) is 0 Å². The molecule has 1 aliphatic rings. The molecule has 0 saturated heterocycles. The first kappa shape index (κ1) is 9.21. The lowest BCUT2D eigenvalue weighted by molar-refractivity contribution is 0.174. The van der Waals surface area contributed by atoms with Gasteiger partial charge < -0.3 is 14.8 Å². The molecule has 0 atom stereocenters. The number of nitrogens with one attached hydrogen (secondary N) is 1. The maximum Gasteiger partial charge on any atom is 0.231 e. The van der Waals surface area contributed by atoms with E-state index in [2.05, 4.69) is 5.32 Å². The van der Waals surface area contributed by atoms with E-state index in [1.54, 1.807) is 0 Å². The summed E-state index contributed by atoms with van der Waals surface area (Å²) in [6.45, 7) is 1.00. The van der Waals surface area contributed by atoms with Crippen molar-refractivity contribution >= 4 is 17.3 Å². The molecule has 0 fully saturated rings. The van der Waals surface area contributed by atoms with E-state index >= 15 is 0 Å². The lowest BCUT2D eigenvalue weighted by atomic mass is 10.3. The molecule has 1 aliphatic heterocycles. The molecule has 1 aromatic rings. The fraction of sp³-hybridized carbons (Fsp3) is 0.200. The fourth-order valence-corrected chi connectivity index (χ4v) is 1.32. The van der Waals surface area contributed by atoms with Crippen LogP contribution in [0, 0.1) is 0 Å². The monoisotopic (exact) mass is 211 g/mol. The van der Waals surface area contributed by atoms with Gasteiger partial charge in [0.2, 0.25) is 6.79 Å². The normalized spacial score (nSPS) is 13.5. The van der Waals surface area contributed by atoms with Crippen LogP contribution in [0.15, 0.2) is 29.8 Å². The molecule has 0 amide bonds. The third-order valence-corrected chi connectivity index (χ3v) is 2.06. The van der Waals surface area contributed by atoms with E-state index in [9.17, 15) is 0 Å². The number of rotatable bonds is 3. The van der Waals surface area contributed by atoms with Crippen LogP contribution in [-0.2, 0) is 0 Å². The minimum Gasteiger partial charge on any atom is -0.454 e. The van der Waals surface area contributed by atoms with Crippen LogP contribution in [0.25, 0.3) is 0 Å². The molecule has 1 heterocycles. The van der Waals surface area contributed by atoms with Gasteiger partial charge in [-0.3, -0.25) is 0 Å². The van der Waals surface area contributed by atoms with E-state index < -0.39 is 0 Å². The number of halogens is 1. The van der Waals surface area contributed by atoms with Crippen molar-refractivity contribution in [3.8, 4) is 11.5 Å². The topological polar surface area (TPSA) is 30.5 Å². The summed E-state index contributed by atoms with van der Waals surface area (Å²) in [5.74, 6) is 1.58. The van der Waals surface area contributed by atoms with Crippen LogP contribution in [0.3, 0.4) is 0 Å². The van der Waals surface area contributed by atoms with E-state index in [0.29, 0.717) is 13.3 Å². The van der Waals surface area contributed by atoms with Gasteiger partial charge in [0.15, 0.2) is 11.5 Å². The molecule has 0 aromatic heterocycles. The smallest absolute Gasteiger partial charge is 0.231 e. The van der Waals surface area contributed by atoms with Crippen molar-refractivity contribution in [2.75, 3.05) is 18.7 Å². The third kappa shape index (κ3) is 1.93. The van der Waals surface area contributed by atoms with Gasteiger partial charge in [0.1, 0.15) is 0 Å². The van der Waals surface area contributed by atoms with E-state index in [4.69, 9.17) is 21.1 Å². The van der Waals surface area contributed by atoms with Crippen molar-refractivity contribution in [1.29, 1.82) is 0 Å². The number of hydrogen-bond acceptors (Lipinski definition) is 3. The number of anilines is 1. The second-order valence-corrected chi connectivity index (χ2v) is 3.06. The van der Waals surface area contributed by atoms with Crippen molar-refractivity contribution in [2.45, 2.75) is 0 Å². The van der Waals surface area contributed by atoms with Crippen molar-refractivity contribution in [3.63, 3.8) is 0 Å². The maximum atomic E-state index is 5.40. The molecule has 0 aliphatic carbocycles. The molecule has 1 N–H and O–H groups in total. The summed E-state index contributed by atoms with van der Waals surface area (Å²) in [6.07, 6.45) is 1.83. The Morgan fingerprint density at radius 1 is 1.36 bits per heavy atom. The Balaban J connectivity index is 2.05. The Morgan fingerprint density at radius 2 is 2.21 bits per heavy atom. The number of ether oxygens (including phenoxy) is 2.